The molecule has 0 bridgehead atoms. The van der Waals surface area contributed by atoms with Crippen LogP contribution < -0.4 is 0 Å². The normalized spacial score (nSPS) is 13.2. The first-order valence-corrected chi connectivity index (χ1v) is 7.80. The third kappa shape index (κ3) is 4.17. The molecule has 0 saturated heterocycles. The van der Waals surface area contributed by atoms with Crippen molar-refractivity contribution in [3.05, 3.63) is 29.8 Å². The van der Waals surface area contributed by atoms with Gasteiger partial charge >= 0.3 is 0 Å². The van der Waals surface area contributed by atoms with Crippen LogP contribution in [0, 0.1) is 11.7 Å². The van der Waals surface area contributed by atoms with Crippen molar-refractivity contribution in [2.24, 2.45) is 5.92 Å². The molecule has 0 spiro atoms. The molecule has 0 radical (unpaired) electrons. The van der Waals surface area contributed by atoms with Crippen molar-refractivity contribution in [2.75, 3.05) is 13.2 Å². The number of imidazole rings is 1. The fraction of sp³-hybridized carbons (Fsp3) is 0.562. The second-order valence-electron chi connectivity index (χ2n) is 5.69. The molecular formula is C16H22ClFN2O. The first kappa shape index (κ1) is 16.2. The Morgan fingerprint density at radius 3 is 2.76 bits per heavy atom. The molecule has 0 N–H and O–H groups in total. The number of hydrogen-bond acceptors (Lipinski definition) is 2. The predicted molar refractivity (Wildman–Crippen MR) is 84.2 cm³/mol. The summed E-state index contributed by atoms with van der Waals surface area (Å²) in [5.41, 5.74) is 1.57. The molecule has 0 aliphatic heterocycles. The molecule has 1 heterocycles. The quantitative estimate of drug-likeness (QED) is 0.554. The van der Waals surface area contributed by atoms with Crippen LogP contribution in [0.4, 0.5) is 4.39 Å². The molecular weight excluding hydrogens is 291 g/mol. The molecule has 1 aromatic carbocycles. The van der Waals surface area contributed by atoms with Gasteiger partial charge in [-0.3, -0.25) is 0 Å². The van der Waals surface area contributed by atoms with E-state index < -0.39 is 0 Å². The number of rotatable bonds is 7. The first-order valence-electron chi connectivity index (χ1n) is 7.36. The summed E-state index contributed by atoms with van der Waals surface area (Å²) in [5.74, 6) is 1.04. The van der Waals surface area contributed by atoms with Gasteiger partial charge in [-0.15, -0.1) is 11.6 Å². The average Bonchev–Trinajstić information content (AvgIpc) is 2.76. The fourth-order valence-electron chi connectivity index (χ4n) is 2.30. The van der Waals surface area contributed by atoms with Gasteiger partial charge in [-0.25, -0.2) is 9.37 Å². The summed E-state index contributed by atoms with van der Waals surface area (Å²) in [6.45, 7) is 8.39. The maximum atomic E-state index is 13.3. The zero-order valence-corrected chi connectivity index (χ0v) is 13.5. The lowest BCUT2D eigenvalue weighted by atomic mass is 10.2. The number of ether oxygens (including phenoxy) is 1. The van der Waals surface area contributed by atoms with Gasteiger partial charge < -0.3 is 9.30 Å². The summed E-state index contributed by atoms with van der Waals surface area (Å²) in [6, 6.07) is 4.66. The molecule has 0 saturated carbocycles. The highest BCUT2D eigenvalue weighted by atomic mass is 35.5. The van der Waals surface area contributed by atoms with E-state index >= 15 is 0 Å². The number of alkyl halides is 1. The maximum absolute atomic E-state index is 13.3. The predicted octanol–water partition coefficient (Wildman–Crippen LogP) is 4.54. The Hall–Kier alpha value is -1.13. The van der Waals surface area contributed by atoms with Gasteiger partial charge in [0.2, 0.25) is 0 Å². The van der Waals surface area contributed by atoms with Crippen LogP contribution in [-0.2, 0) is 11.3 Å². The Morgan fingerprint density at radius 2 is 2.10 bits per heavy atom. The van der Waals surface area contributed by atoms with E-state index in [4.69, 9.17) is 16.3 Å². The van der Waals surface area contributed by atoms with E-state index in [0.717, 1.165) is 30.9 Å². The second-order valence-corrected chi connectivity index (χ2v) is 6.35. The number of hydrogen-bond donors (Lipinski definition) is 0. The van der Waals surface area contributed by atoms with Crippen molar-refractivity contribution >= 4 is 22.6 Å². The van der Waals surface area contributed by atoms with E-state index in [0.29, 0.717) is 18.0 Å². The zero-order chi connectivity index (χ0) is 15.4. The van der Waals surface area contributed by atoms with Crippen LogP contribution in [0.2, 0.25) is 0 Å². The summed E-state index contributed by atoms with van der Waals surface area (Å²) in [5, 5.41) is -0.211. The van der Waals surface area contributed by atoms with Crippen molar-refractivity contribution in [1.29, 1.82) is 0 Å². The van der Waals surface area contributed by atoms with E-state index in [-0.39, 0.29) is 11.2 Å². The highest BCUT2D eigenvalue weighted by Gasteiger charge is 2.15. The molecule has 1 unspecified atom stereocenters. The summed E-state index contributed by atoms with van der Waals surface area (Å²) in [6.07, 6.45) is 0.881. The largest absolute Gasteiger partial charge is 0.381 e. The third-order valence-corrected chi connectivity index (χ3v) is 3.41. The maximum Gasteiger partial charge on any atom is 0.127 e. The van der Waals surface area contributed by atoms with Crippen LogP contribution in [0.3, 0.4) is 0 Å². The Morgan fingerprint density at radius 1 is 1.33 bits per heavy atom. The van der Waals surface area contributed by atoms with E-state index in [9.17, 15) is 4.39 Å². The number of nitrogens with zero attached hydrogens (tertiary/aromatic N) is 2. The molecule has 5 heteroatoms. The lowest BCUT2D eigenvalue weighted by Crippen LogP contribution is -2.09. The molecule has 3 nitrogen and oxygen atoms in total. The molecule has 1 aromatic heterocycles. The minimum absolute atomic E-state index is 0.211. The molecule has 0 aliphatic rings. The van der Waals surface area contributed by atoms with Gasteiger partial charge in [0.05, 0.1) is 16.4 Å². The Bertz CT molecular complexity index is 595. The van der Waals surface area contributed by atoms with E-state index in [1.807, 2.05) is 6.92 Å². The van der Waals surface area contributed by atoms with Crippen molar-refractivity contribution in [3.63, 3.8) is 0 Å². The molecule has 0 amide bonds. The van der Waals surface area contributed by atoms with Gasteiger partial charge in [0.1, 0.15) is 11.6 Å². The number of halogens is 2. The van der Waals surface area contributed by atoms with Crippen molar-refractivity contribution in [1.82, 2.24) is 9.55 Å². The Kier molecular flexibility index (Phi) is 5.59. The zero-order valence-electron chi connectivity index (χ0n) is 12.8. The molecule has 0 fully saturated rings. The lowest BCUT2D eigenvalue weighted by molar-refractivity contribution is 0.105. The fourth-order valence-corrected chi connectivity index (χ4v) is 2.47. The molecule has 116 valence electrons. The topological polar surface area (TPSA) is 27.1 Å². The monoisotopic (exact) mass is 312 g/mol. The van der Waals surface area contributed by atoms with Crippen molar-refractivity contribution in [3.8, 4) is 0 Å². The third-order valence-electron chi connectivity index (χ3n) is 3.22. The van der Waals surface area contributed by atoms with Gasteiger partial charge in [-0.2, -0.15) is 0 Å². The summed E-state index contributed by atoms with van der Waals surface area (Å²) in [7, 11) is 0. The van der Waals surface area contributed by atoms with Crippen LogP contribution >= 0.6 is 11.6 Å². The number of aryl methyl sites for hydroxylation is 1. The highest BCUT2D eigenvalue weighted by molar-refractivity contribution is 6.20. The van der Waals surface area contributed by atoms with Gasteiger partial charge in [0.25, 0.3) is 0 Å². The molecule has 2 rings (SSSR count). The minimum atomic E-state index is -0.277. The average molecular weight is 313 g/mol. The van der Waals surface area contributed by atoms with E-state index in [2.05, 4.69) is 23.4 Å². The molecule has 1 atom stereocenters. The van der Waals surface area contributed by atoms with E-state index in [1.54, 1.807) is 6.07 Å². The van der Waals surface area contributed by atoms with Crippen LogP contribution in [0.5, 0.6) is 0 Å². The number of aromatic nitrogens is 2. The summed E-state index contributed by atoms with van der Waals surface area (Å²) in [4.78, 5) is 4.45. The standard InChI is InChI=1S/C16H22ClFN2O/c1-11(2)10-21-8-4-7-20-15-6-5-13(18)9-14(15)19-16(20)12(3)17/h5-6,9,11-12H,4,7-8,10H2,1-3H3. The van der Waals surface area contributed by atoms with Gasteiger partial charge in [-0.1, -0.05) is 13.8 Å². The van der Waals surface area contributed by atoms with Gasteiger partial charge in [0, 0.05) is 25.8 Å². The van der Waals surface area contributed by atoms with Crippen molar-refractivity contribution < 1.29 is 9.13 Å². The van der Waals surface area contributed by atoms with Crippen LogP contribution in [0.25, 0.3) is 11.0 Å². The van der Waals surface area contributed by atoms with Gasteiger partial charge in [0.15, 0.2) is 0 Å². The second kappa shape index (κ2) is 7.23. The van der Waals surface area contributed by atoms with E-state index in [1.165, 1.54) is 12.1 Å². The summed E-state index contributed by atoms with van der Waals surface area (Å²) < 4.78 is 21.0. The Labute approximate surface area is 130 Å². The van der Waals surface area contributed by atoms with Crippen LogP contribution in [0.15, 0.2) is 18.2 Å². The van der Waals surface area contributed by atoms with Gasteiger partial charge in [-0.05, 0) is 31.4 Å². The number of benzene rings is 1. The lowest BCUT2D eigenvalue weighted by Gasteiger charge is -2.11. The van der Waals surface area contributed by atoms with Crippen molar-refractivity contribution in [2.45, 2.75) is 39.1 Å². The van der Waals surface area contributed by atoms with Crippen LogP contribution in [-0.4, -0.2) is 22.8 Å². The molecule has 21 heavy (non-hydrogen) atoms. The smallest absolute Gasteiger partial charge is 0.127 e. The summed E-state index contributed by atoms with van der Waals surface area (Å²) >= 11 is 6.19. The Balaban J connectivity index is 2.11. The highest BCUT2D eigenvalue weighted by Crippen LogP contribution is 2.25. The van der Waals surface area contributed by atoms with Crippen LogP contribution in [0.1, 0.15) is 38.4 Å². The number of fused-ring (bicyclic) bond motifs is 1. The SMILES string of the molecule is CC(C)COCCCn1c(C(C)Cl)nc2cc(F)ccc21. The first-order chi connectivity index (χ1) is 9.99. The minimum Gasteiger partial charge on any atom is -0.381 e. The molecule has 0 aliphatic carbocycles. The molecule has 2 aromatic rings.